The molecule has 0 aromatic heterocycles. The van der Waals surface area contributed by atoms with E-state index >= 15 is 0 Å². The number of thiol groups is 1. The van der Waals surface area contributed by atoms with Crippen molar-refractivity contribution in [2.45, 2.75) is 19.8 Å². The molecule has 0 aliphatic rings. The summed E-state index contributed by atoms with van der Waals surface area (Å²) in [7, 11) is 0. The van der Waals surface area contributed by atoms with Gasteiger partial charge in [0, 0.05) is 5.41 Å². The number of rotatable bonds is 5. The Morgan fingerprint density at radius 2 is 1.82 bits per heavy atom. The van der Waals surface area contributed by atoms with Gasteiger partial charge in [-0.05, 0) is 12.8 Å². The van der Waals surface area contributed by atoms with Crippen molar-refractivity contribution in [2.24, 2.45) is 5.41 Å². The summed E-state index contributed by atoms with van der Waals surface area (Å²) in [4.78, 5) is 0. The van der Waals surface area contributed by atoms with Gasteiger partial charge in [-0.15, -0.1) is 25.8 Å². The molecule has 0 atom stereocenters. The molecule has 0 rings (SSSR count). The van der Waals surface area contributed by atoms with Crippen LogP contribution in [0.4, 0.5) is 0 Å². The molecule has 0 heterocycles. The highest BCUT2D eigenvalue weighted by Gasteiger charge is 2.23. The maximum Gasteiger partial charge on any atom is 0.0513 e. The van der Waals surface area contributed by atoms with Crippen LogP contribution < -0.4 is 0 Å². The molecule has 0 amide bonds. The summed E-state index contributed by atoms with van der Waals surface area (Å²) in [6.45, 7) is 9.44. The smallest absolute Gasteiger partial charge is 0.0513 e. The molecule has 0 unspecified atom stereocenters. The van der Waals surface area contributed by atoms with E-state index in [-0.39, 0.29) is 5.41 Å². The van der Waals surface area contributed by atoms with E-state index in [4.69, 9.17) is 12.2 Å². The van der Waals surface area contributed by atoms with Crippen LogP contribution in [0.1, 0.15) is 19.8 Å². The van der Waals surface area contributed by atoms with E-state index in [1.54, 1.807) is 0 Å². The minimum Gasteiger partial charge on any atom is -0.136 e. The van der Waals surface area contributed by atoms with E-state index in [9.17, 15) is 0 Å². The first kappa shape index (κ1) is 10.9. The molecule has 0 saturated heterocycles. The van der Waals surface area contributed by atoms with Crippen LogP contribution in [0.5, 0.6) is 0 Å². The van der Waals surface area contributed by atoms with Crippen LogP contribution >= 0.6 is 24.8 Å². The van der Waals surface area contributed by atoms with Gasteiger partial charge in [-0.3, -0.25) is 0 Å². The van der Waals surface area contributed by atoms with Gasteiger partial charge in [-0.2, -0.15) is 0 Å². The van der Waals surface area contributed by atoms with Crippen molar-refractivity contribution in [3.63, 3.8) is 0 Å². The molecule has 62 valence electrons. The van der Waals surface area contributed by atoms with Crippen molar-refractivity contribution in [3.05, 3.63) is 25.3 Å². The molecule has 0 aromatic rings. The highest BCUT2D eigenvalue weighted by molar-refractivity contribution is 8.11. The Bertz CT molecular complexity index is 160. The normalized spacial score (nSPS) is 10.7. The van der Waals surface area contributed by atoms with Gasteiger partial charge < -0.3 is 0 Å². The molecule has 0 bridgehead atoms. The fourth-order valence-electron chi connectivity index (χ4n) is 0.895. The molecular weight excluding hydrogens is 172 g/mol. The standard InChI is InChI=1S/C9H14S2/c1-4-6-9(3,7-5-2)8(10)11/h4-5H,1-2,6-7H2,3H3,(H,10,11). The summed E-state index contributed by atoms with van der Waals surface area (Å²) in [5, 5.41) is 0. The monoisotopic (exact) mass is 186 g/mol. The largest absolute Gasteiger partial charge is 0.136 e. The lowest BCUT2D eigenvalue weighted by atomic mass is 9.85. The summed E-state index contributed by atoms with van der Waals surface area (Å²) in [6, 6.07) is 0. The summed E-state index contributed by atoms with van der Waals surface area (Å²) in [5.41, 5.74) is -0.0397. The number of thiocarbonyl (C=S) groups is 1. The third kappa shape index (κ3) is 3.21. The van der Waals surface area contributed by atoms with Gasteiger partial charge >= 0.3 is 0 Å². The van der Waals surface area contributed by atoms with Gasteiger partial charge in [0.05, 0.1) is 4.20 Å². The summed E-state index contributed by atoms with van der Waals surface area (Å²) < 4.78 is 0.734. The SMILES string of the molecule is C=CCC(C)(CC=C)C(=S)S. The lowest BCUT2D eigenvalue weighted by Crippen LogP contribution is -2.20. The molecular formula is C9H14S2. The minimum atomic E-state index is -0.0397. The van der Waals surface area contributed by atoms with E-state index < -0.39 is 0 Å². The lowest BCUT2D eigenvalue weighted by Gasteiger charge is -2.24. The number of hydrogen-bond donors (Lipinski definition) is 1. The van der Waals surface area contributed by atoms with E-state index in [1.165, 1.54) is 0 Å². The zero-order valence-corrected chi connectivity index (χ0v) is 8.55. The molecule has 0 fully saturated rings. The first-order valence-electron chi connectivity index (χ1n) is 3.52. The fraction of sp³-hybridized carbons (Fsp3) is 0.444. The van der Waals surface area contributed by atoms with Crippen molar-refractivity contribution >= 4 is 29.0 Å². The van der Waals surface area contributed by atoms with Crippen LogP contribution in [0.25, 0.3) is 0 Å². The molecule has 0 N–H and O–H groups in total. The van der Waals surface area contributed by atoms with E-state index in [1.807, 2.05) is 12.2 Å². The average Bonchev–Trinajstić information content (AvgIpc) is 1.88. The van der Waals surface area contributed by atoms with Crippen molar-refractivity contribution in [1.82, 2.24) is 0 Å². The Labute approximate surface area is 79.8 Å². The Balaban J connectivity index is 4.35. The van der Waals surface area contributed by atoms with Gasteiger partial charge in [-0.1, -0.05) is 31.3 Å². The van der Waals surface area contributed by atoms with Crippen molar-refractivity contribution in [1.29, 1.82) is 0 Å². The van der Waals surface area contributed by atoms with Crippen LogP contribution in [0.3, 0.4) is 0 Å². The summed E-state index contributed by atoms with van der Waals surface area (Å²) >= 11 is 9.21. The molecule has 0 aromatic carbocycles. The van der Waals surface area contributed by atoms with Crippen molar-refractivity contribution < 1.29 is 0 Å². The Kier molecular flexibility index (Phi) is 4.69. The first-order valence-corrected chi connectivity index (χ1v) is 4.37. The zero-order valence-electron chi connectivity index (χ0n) is 6.84. The van der Waals surface area contributed by atoms with E-state index in [0.717, 1.165) is 17.0 Å². The summed E-state index contributed by atoms with van der Waals surface area (Å²) in [6.07, 6.45) is 5.46. The fourth-order valence-corrected chi connectivity index (χ4v) is 1.24. The second kappa shape index (κ2) is 4.73. The van der Waals surface area contributed by atoms with Crippen LogP contribution in [0, 0.1) is 5.41 Å². The topological polar surface area (TPSA) is 0 Å². The minimum absolute atomic E-state index is 0.0397. The maximum atomic E-state index is 5.03. The van der Waals surface area contributed by atoms with Gasteiger partial charge in [0.1, 0.15) is 0 Å². The molecule has 0 spiro atoms. The van der Waals surface area contributed by atoms with Gasteiger partial charge in [0.25, 0.3) is 0 Å². The van der Waals surface area contributed by atoms with Crippen LogP contribution in [0.15, 0.2) is 25.3 Å². The Hall–Kier alpha value is -0.0800. The second-order valence-electron chi connectivity index (χ2n) is 2.85. The van der Waals surface area contributed by atoms with Crippen LogP contribution in [-0.2, 0) is 0 Å². The molecule has 0 saturated carbocycles. The maximum absolute atomic E-state index is 5.03. The quantitative estimate of drug-likeness (QED) is 0.390. The predicted molar refractivity (Wildman–Crippen MR) is 59.3 cm³/mol. The highest BCUT2D eigenvalue weighted by atomic mass is 32.1. The molecule has 0 nitrogen and oxygen atoms in total. The first-order chi connectivity index (χ1) is 5.06. The Morgan fingerprint density at radius 1 is 1.45 bits per heavy atom. The third-order valence-electron chi connectivity index (χ3n) is 1.71. The average molecular weight is 186 g/mol. The molecule has 0 radical (unpaired) electrons. The van der Waals surface area contributed by atoms with E-state index in [0.29, 0.717) is 0 Å². The van der Waals surface area contributed by atoms with Gasteiger partial charge in [-0.25, -0.2) is 0 Å². The van der Waals surface area contributed by atoms with Crippen LogP contribution in [-0.4, -0.2) is 4.20 Å². The molecule has 0 aliphatic carbocycles. The highest BCUT2D eigenvalue weighted by Crippen LogP contribution is 2.30. The van der Waals surface area contributed by atoms with E-state index in [2.05, 4.69) is 32.7 Å². The molecule has 0 aliphatic heterocycles. The predicted octanol–water partition coefficient (Wildman–Crippen LogP) is 3.40. The second-order valence-corrected chi connectivity index (χ2v) is 4.01. The van der Waals surface area contributed by atoms with Crippen LogP contribution in [0.2, 0.25) is 0 Å². The zero-order chi connectivity index (χ0) is 8.91. The third-order valence-corrected chi connectivity index (χ3v) is 2.74. The van der Waals surface area contributed by atoms with Crippen molar-refractivity contribution in [3.8, 4) is 0 Å². The number of hydrogen-bond acceptors (Lipinski definition) is 1. The number of allylic oxidation sites excluding steroid dienone is 2. The lowest BCUT2D eigenvalue weighted by molar-refractivity contribution is 0.497. The Morgan fingerprint density at radius 3 is 2.00 bits per heavy atom. The van der Waals surface area contributed by atoms with Crippen molar-refractivity contribution in [2.75, 3.05) is 0 Å². The molecule has 2 heteroatoms. The van der Waals surface area contributed by atoms with Gasteiger partial charge in [0.2, 0.25) is 0 Å². The summed E-state index contributed by atoms with van der Waals surface area (Å²) in [5.74, 6) is 0. The van der Waals surface area contributed by atoms with Gasteiger partial charge in [0.15, 0.2) is 0 Å². The molecule has 11 heavy (non-hydrogen) atoms.